The molecule has 1 aromatic carbocycles. The Morgan fingerprint density at radius 2 is 1.92 bits per heavy atom. The van der Waals surface area contributed by atoms with Gasteiger partial charge in [0.05, 0.1) is 12.7 Å². The molecule has 2 N–H and O–H groups in total. The number of benzene rings is 1. The lowest BCUT2D eigenvalue weighted by Gasteiger charge is -2.27. The molecule has 3 rings (SSSR count). The quantitative estimate of drug-likeness (QED) is 0.849. The molecule has 0 spiro atoms. The third-order valence-corrected chi connectivity index (χ3v) is 3.84. The number of nitrogens with one attached hydrogen (secondary N) is 2. The van der Waals surface area contributed by atoms with Gasteiger partial charge in [-0.15, -0.1) is 24.8 Å². The second-order valence-electron chi connectivity index (χ2n) is 5.43. The average Bonchev–Trinajstić information content (AvgIpc) is 2.53. The van der Waals surface area contributed by atoms with Crippen LogP contribution in [0.25, 0.3) is 11.1 Å². The first-order valence-corrected chi connectivity index (χ1v) is 7.34. The van der Waals surface area contributed by atoms with Crippen LogP contribution in [0.15, 0.2) is 42.7 Å². The van der Waals surface area contributed by atoms with Crippen LogP contribution in [-0.2, 0) is 0 Å². The zero-order chi connectivity index (χ0) is 15.4. The number of carbonyl (C=O) groups is 1. The number of hydrogen-bond donors (Lipinski definition) is 2. The summed E-state index contributed by atoms with van der Waals surface area (Å²) in [6.07, 6.45) is 3.36. The molecule has 1 fully saturated rings. The van der Waals surface area contributed by atoms with Gasteiger partial charge in [-0.3, -0.25) is 9.78 Å². The van der Waals surface area contributed by atoms with E-state index < -0.39 is 0 Å². The zero-order valence-corrected chi connectivity index (χ0v) is 15.0. The summed E-state index contributed by atoms with van der Waals surface area (Å²) >= 11 is 0. The predicted octanol–water partition coefficient (Wildman–Crippen LogP) is 2.55. The number of amides is 1. The molecule has 5 nitrogen and oxygen atoms in total. The number of hydrogen-bond acceptors (Lipinski definition) is 4. The molecule has 0 unspecified atom stereocenters. The van der Waals surface area contributed by atoms with Crippen molar-refractivity contribution < 1.29 is 9.53 Å². The van der Waals surface area contributed by atoms with E-state index in [1.807, 2.05) is 30.3 Å². The molecule has 1 aliphatic heterocycles. The average molecular weight is 370 g/mol. The van der Waals surface area contributed by atoms with Crippen molar-refractivity contribution in [3.8, 4) is 16.9 Å². The highest BCUT2D eigenvalue weighted by molar-refractivity contribution is 5.95. The lowest BCUT2D eigenvalue weighted by molar-refractivity contribution is 0.0942. The molecule has 2 heterocycles. The van der Waals surface area contributed by atoms with Gasteiger partial charge in [-0.25, -0.2) is 0 Å². The molecular formula is C17H21Cl2N3O2. The number of halogens is 2. The number of pyridine rings is 1. The maximum Gasteiger partial charge on any atom is 0.252 e. The first kappa shape index (κ1) is 20.2. The molecule has 0 aliphatic carbocycles. The van der Waals surface area contributed by atoms with E-state index >= 15 is 0 Å². The van der Waals surface area contributed by atoms with Gasteiger partial charge in [0.25, 0.3) is 5.91 Å². The van der Waals surface area contributed by atoms with Crippen molar-refractivity contribution in [1.29, 1.82) is 0 Å². The molecule has 2 aromatic rings. The summed E-state index contributed by atoms with van der Waals surface area (Å²) in [5.74, 6) is 1.27. The van der Waals surface area contributed by atoms with Crippen LogP contribution in [0.3, 0.4) is 0 Å². The van der Waals surface area contributed by atoms with Crippen molar-refractivity contribution in [3.63, 3.8) is 0 Å². The fraction of sp³-hybridized carbons (Fsp3) is 0.294. The van der Waals surface area contributed by atoms with E-state index in [1.54, 1.807) is 19.5 Å². The lowest BCUT2D eigenvalue weighted by Crippen LogP contribution is -2.48. The van der Waals surface area contributed by atoms with Gasteiger partial charge in [-0.05, 0) is 23.8 Å². The van der Waals surface area contributed by atoms with E-state index in [2.05, 4.69) is 15.6 Å². The number of nitrogens with zero attached hydrogens (tertiary/aromatic N) is 1. The summed E-state index contributed by atoms with van der Waals surface area (Å²) in [7, 11) is 1.64. The van der Waals surface area contributed by atoms with E-state index in [1.165, 1.54) is 0 Å². The summed E-state index contributed by atoms with van der Waals surface area (Å²) < 4.78 is 5.15. The summed E-state index contributed by atoms with van der Waals surface area (Å²) in [6, 6.07) is 9.57. The first-order valence-electron chi connectivity index (χ1n) is 7.34. The molecule has 0 saturated carbocycles. The Bertz CT molecular complexity index is 661. The van der Waals surface area contributed by atoms with E-state index in [9.17, 15) is 4.79 Å². The van der Waals surface area contributed by atoms with Crippen LogP contribution >= 0.6 is 24.8 Å². The number of carbonyl (C=O) groups excluding carboxylic acids is 1. The highest BCUT2D eigenvalue weighted by Gasteiger charge is 2.17. The Balaban J connectivity index is 0.00000144. The van der Waals surface area contributed by atoms with Crippen LogP contribution in [-0.4, -0.2) is 37.6 Å². The Hall–Kier alpha value is -1.82. The van der Waals surface area contributed by atoms with E-state index in [-0.39, 0.29) is 30.7 Å². The highest BCUT2D eigenvalue weighted by atomic mass is 35.5. The fourth-order valence-corrected chi connectivity index (χ4v) is 2.34. The van der Waals surface area contributed by atoms with Gasteiger partial charge in [0, 0.05) is 43.5 Å². The summed E-state index contributed by atoms with van der Waals surface area (Å²) in [5, 5.41) is 6.15. The number of aromatic nitrogens is 1. The second-order valence-corrected chi connectivity index (χ2v) is 5.43. The van der Waals surface area contributed by atoms with Gasteiger partial charge < -0.3 is 15.4 Å². The van der Waals surface area contributed by atoms with Crippen molar-refractivity contribution in [2.45, 2.75) is 0 Å². The molecule has 1 aromatic heterocycles. The summed E-state index contributed by atoms with van der Waals surface area (Å²) in [4.78, 5) is 16.4. The predicted molar refractivity (Wildman–Crippen MR) is 99.4 cm³/mol. The van der Waals surface area contributed by atoms with Crippen LogP contribution in [0.4, 0.5) is 0 Å². The van der Waals surface area contributed by atoms with Crippen LogP contribution in [0.1, 0.15) is 10.4 Å². The molecule has 1 amide bonds. The Labute approximate surface area is 154 Å². The van der Waals surface area contributed by atoms with E-state index in [4.69, 9.17) is 4.74 Å². The normalized spacial score (nSPS) is 13.0. The van der Waals surface area contributed by atoms with Gasteiger partial charge in [-0.1, -0.05) is 12.1 Å². The maximum absolute atomic E-state index is 12.2. The van der Waals surface area contributed by atoms with Gasteiger partial charge in [0.1, 0.15) is 5.75 Å². The number of rotatable bonds is 5. The molecule has 0 bridgehead atoms. The van der Waals surface area contributed by atoms with Crippen molar-refractivity contribution in [1.82, 2.24) is 15.6 Å². The van der Waals surface area contributed by atoms with Crippen molar-refractivity contribution in [2.75, 3.05) is 26.7 Å². The largest absolute Gasteiger partial charge is 0.497 e. The monoisotopic (exact) mass is 369 g/mol. The van der Waals surface area contributed by atoms with Crippen LogP contribution < -0.4 is 15.4 Å². The van der Waals surface area contributed by atoms with E-state index in [0.717, 1.165) is 30.0 Å². The molecule has 7 heteroatoms. The fourth-order valence-electron chi connectivity index (χ4n) is 2.34. The number of methoxy groups -OCH3 is 1. The van der Waals surface area contributed by atoms with Crippen molar-refractivity contribution in [3.05, 3.63) is 48.3 Å². The molecule has 0 atom stereocenters. The summed E-state index contributed by atoms with van der Waals surface area (Å²) in [5.41, 5.74) is 2.51. The zero-order valence-electron chi connectivity index (χ0n) is 13.3. The maximum atomic E-state index is 12.2. The van der Waals surface area contributed by atoms with Gasteiger partial charge in [0.15, 0.2) is 0 Å². The lowest BCUT2D eigenvalue weighted by atomic mass is 10.0. The van der Waals surface area contributed by atoms with Gasteiger partial charge in [-0.2, -0.15) is 0 Å². The SMILES string of the molecule is COc1ccc(-c2cncc(C(=O)NCC3CNC3)c2)cc1.Cl.Cl. The minimum atomic E-state index is -0.0743. The Kier molecular flexibility index (Phi) is 7.98. The molecule has 1 saturated heterocycles. The Morgan fingerprint density at radius 3 is 2.50 bits per heavy atom. The number of ether oxygens (including phenoxy) is 1. The minimum Gasteiger partial charge on any atom is -0.497 e. The van der Waals surface area contributed by atoms with E-state index in [0.29, 0.717) is 18.0 Å². The van der Waals surface area contributed by atoms with Crippen LogP contribution in [0.2, 0.25) is 0 Å². The highest BCUT2D eigenvalue weighted by Crippen LogP contribution is 2.22. The molecule has 130 valence electrons. The van der Waals surface area contributed by atoms with Crippen molar-refractivity contribution >= 4 is 30.7 Å². The minimum absolute atomic E-state index is 0. The topological polar surface area (TPSA) is 63.2 Å². The standard InChI is InChI=1S/C17H19N3O2.2ClH/c1-22-16-4-2-13(3-5-16)14-6-15(11-19-10-14)17(21)20-9-12-7-18-8-12;;/h2-6,10-12,18H,7-9H2,1H3,(H,20,21);2*1H. The third-order valence-electron chi connectivity index (χ3n) is 3.84. The van der Waals surface area contributed by atoms with Crippen LogP contribution in [0.5, 0.6) is 5.75 Å². The molecule has 1 aliphatic rings. The van der Waals surface area contributed by atoms with Gasteiger partial charge >= 0.3 is 0 Å². The third kappa shape index (κ3) is 4.84. The van der Waals surface area contributed by atoms with Crippen LogP contribution in [0, 0.1) is 5.92 Å². The van der Waals surface area contributed by atoms with Crippen molar-refractivity contribution in [2.24, 2.45) is 5.92 Å². The smallest absolute Gasteiger partial charge is 0.252 e. The Morgan fingerprint density at radius 1 is 1.21 bits per heavy atom. The van der Waals surface area contributed by atoms with Gasteiger partial charge in [0.2, 0.25) is 0 Å². The molecule has 0 radical (unpaired) electrons. The second kappa shape index (κ2) is 9.47. The first-order chi connectivity index (χ1) is 10.8. The molecular weight excluding hydrogens is 349 g/mol. The molecule has 24 heavy (non-hydrogen) atoms. The summed E-state index contributed by atoms with van der Waals surface area (Å²) in [6.45, 7) is 2.66.